The van der Waals surface area contributed by atoms with Crippen LogP contribution >= 0.6 is 35.1 Å². The second-order valence-corrected chi connectivity index (χ2v) is 7.03. The Hall–Kier alpha value is -1.05. The van der Waals surface area contributed by atoms with Crippen molar-refractivity contribution in [1.82, 2.24) is 9.36 Å². The molecule has 0 fully saturated rings. The normalized spacial score (nSPS) is 10.6. The number of hydrogen-bond donors (Lipinski definition) is 2. The molecule has 1 aromatic carbocycles. The number of nitrogens with zero attached hydrogens (tertiary/aromatic N) is 2. The van der Waals surface area contributed by atoms with Gasteiger partial charge in [-0.25, -0.2) is 4.98 Å². The number of thioether (sulfide) groups is 1. The minimum Gasteiger partial charge on any atom is -0.384 e. The van der Waals surface area contributed by atoms with Crippen molar-refractivity contribution in [3.8, 4) is 0 Å². The van der Waals surface area contributed by atoms with Gasteiger partial charge in [0.1, 0.15) is 11.7 Å². The molecule has 0 radical (unpaired) electrons. The Labute approximate surface area is 124 Å². The summed E-state index contributed by atoms with van der Waals surface area (Å²) in [4.78, 5) is 6.34. The van der Waals surface area contributed by atoms with Gasteiger partial charge in [0, 0.05) is 15.4 Å². The molecule has 100 valence electrons. The number of nitrogens with one attached hydrogen (secondary N) is 1. The molecule has 0 saturated heterocycles. The van der Waals surface area contributed by atoms with Crippen LogP contribution in [0.3, 0.4) is 0 Å². The molecule has 19 heavy (non-hydrogen) atoms. The Balaban J connectivity index is 2.38. The second kappa shape index (κ2) is 6.40. The van der Waals surface area contributed by atoms with E-state index in [-0.39, 0.29) is 5.84 Å². The predicted molar refractivity (Wildman–Crippen MR) is 82.6 cm³/mol. The number of aryl methyl sites for hydroxylation is 1. The van der Waals surface area contributed by atoms with Crippen molar-refractivity contribution in [3.05, 3.63) is 29.6 Å². The van der Waals surface area contributed by atoms with Crippen LogP contribution in [0.4, 0.5) is 0 Å². The molecule has 2 aromatic rings. The predicted octanol–water partition coefficient (Wildman–Crippen LogP) is 3.39. The summed E-state index contributed by atoms with van der Waals surface area (Å²) < 4.78 is 5.04. The molecule has 1 aromatic heterocycles. The van der Waals surface area contributed by atoms with Crippen LogP contribution in [-0.2, 0) is 0 Å². The number of aromatic nitrogens is 2. The molecule has 0 amide bonds. The Kier molecular flexibility index (Phi) is 4.84. The van der Waals surface area contributed by atoms with E-state index in [0.29, 0.717) is 0 Å². The van der Waals surface area contributed by atoms with Crippen LogP contribution in [0.15, 0.2) is 32.3 Å². The van der Waals surface area contributed by atoms with E-state index in [0.717, 1.165) is 31.3 Å². The summed E-state index contributed by atoms with van der Waals surface area (Å²) in [5, 5.41) is 7.78. The fourth-order valence-electron chi connectivity index (χ4n) is 1.55. The van der Waals surface area contributed by atoms with Gasteiger partial charge >= 0.3 is 0 Å². The van der Waals surface area contributed by atoms with Gasteiger partial charge in [-0.15, -0.1) is 11.8 Å². The molecular formula is C12H14N4S3. The van der Waals surface area contributed by atoms with Gasteiger partial charge in [-0.3, -0.25) is 5.41 Å². The van der Waals surface area contributed by atoms with Crippen molar-refractivity contribution in [2.24, 2.45) is 5.73 Å². The van der Waals surface area contributed by atoms with Crippen LogP contribution in [0.5, 0.6) is 0 Å². The fourth-order valence-corrected chi connectivity index (χ4v) is 4.25. The van der Waals surface area contributed by atoms with Gasteiger partial charge in [0.05, 0.1) is 0 Å². The van der Waals surface area contributed by atoms with Crippen molar-refractivity contribution in [2.45, 2.75) is 28.0 Å². The summed E-state index contributed by atoms with van der Waals surface area (Å²) in [6, 6.07) is 5.96. The van der Waals surface area contributed by atoms with E-state index in [1.54, 1.807) is 11.8 Å². The van der Waals surface area contributed by atoms with E-state index >= 15 is 0 Å². The minimum absolute atomic E-state index is 0.0975. The van der Waals surface area contributed by atoms with Gasteiger partial charge in [-0.2, -0.15) is 4.37 Å². The molecular weight excluding hydrogens is 296 g/mol. The van der Waals surface area contributed by atoms with Crippen molar-refractivity contribution in [2.75, 3.05) is 5.75 Å². The molecule has 0 aliphatic rings. The first kappa shape index (κ1) is 14.4. The van der Waals surface area contributed by atoms with Crippen LogP contribution in [0.2, 0.25) is 0 Å². The lowest BCUT2D eigenvalue weighted by Crippen LogP contribution is -2.13. The van der Waals surface area contributed by atoms with Crippen molar-refractivity contribution in [1.29, 1.82) is 5.41 Å². The van der Waals surface area contributed by atoms with E-state index in [9.17, 15) is 0 Å². The van der Waals surface area contributed by atoms with Gasteiger partial charge < -0.3 is 5.73 Å². The molecule has 0 atom stereocenters. The van der Waals surface area contributed by atoms with Crippen molar-refractivity contribution < 1.29 is 0 Å². The average molecular weight is 310 g/mol. The molecule has 4 nitrogen and oxygen atoms in total. The first-order valence-electron chi connectivity index (χ1n) is 5.70. The Morgan fingerprint density at radius 1 is 1.42 bits per heavy atom. The number of hydrogen-bond acceptors (Lipinski definition) is 6. The number of nitrogens with two attached hydrogens (primary N) is 1. The van der Waals surface area contributed by atoms with E-state index in [1.165, 1.54) is 23.3 Å². The van der Waals surface area contributed by atoms with Crippen molar-refractivity contribution in [3.63, 3.8) is 0 Å². The zero-order valence-electron chi connectivity index (χ0n) is 10.6. The largest absolute Gasteiger partial charge is 0.384 e. The Morgan fingerprint density at radius 3 is 2.74 bits per heavy atom. The topological polar surface area (TPSA) is 75.7 Å². The maximum absolute atomic E-state index is 7.78. The number of rotatable bonds is 5. The minimum atomic E-state index is 0.0975. The maximum Gasteiger partial charge on any atom is 0.174 e. The summed E-state index contributed by atoms with van der Waals surface area (Å²) in [5.41, 5.74) is 6.53. The van der Waals surface area contributed by atoms with Crippen LogP contribution < -0.4 is 5.73 Å². The molecule has 0 saturated carbocycles. The quantitative estimate of drug-likeness (QED) is 0.503. The monoisotopic (exact) mass is 310 g/mol. The van der Waals surface area contributed by atoms with Gasteiger partial charge in [0.15, 0.2) is 4.34 Å². The number of amidine groups is 1. The summed E-state index contributed by atoms with van der Waals surface area (Å²) in [5.74, 6) is 1.82. The van der Waals surface area contributed by atoms with Gasteiger partial charge in [-0.1, -0.05) is 24.8 Å². The Bertz CT molecular complexity index is 594. The van der Waals surface area contributed by atoms with Gasteiger partial charge in [0.25, 0.3) is 0 Å². The Morgan fingerprint density at radius 2 is 2.16 bits per heavy atom. The maximum atomic E-state index is 7.78. The average Bonchev–Trinajstić information content (AvgIpc) is 2.75. The third kappa shape index (κ3) is 3.49. The van der Waals surface area contributed by atoms with E-state index in [4.69, 9.17) is 11.1 Å². The summed E-state index contributed by atoms with van der Waals surface area (Å²) in [7, 11) is 0. The van der Waals surface area contributed by atoms with Crippen LogP contribution in [-0.4, -0.2) is 20.9 Å². The van der Waals surface area contributed by atoms with E-state index < -0.39 is 0 Å². The molecule has 1 heterocycles. The smallest absolute Gasteiger partial charge is 0.174 e. The summed E-state index contributed by atoms with van der Waals surface area (Å²) >= 11 is 4.58. The highest BCUT2D eigenvalue weighted by Gasteiger charge is 2.14. The van der Waals surface area contributed by atoms with Gasteiger partial charge in [0.2, 0.25) is 0 Å². The lowest BCUT2D eigenvalue weighted by atomic mass is 10.2. The molecule has 0 spiro atoms. The zero-order chi connectivity index (χ0) is 13.8. The lowest BCUT2D eigenvalue weighted by molar-refractivity contribution is 1.10. The first-order valence-corrected chi connectivity index (χ1v) is 8.27. The summed E-state index contributed by atoms with van der Waals surface area (Å²) in [6.45, 7) is 3.96. The molecule has 7 heteroatoms. The highest BCUT2D eigenvalue weighted by Crippen LogP contribution is 2.35. The molecule has 2 rings (SSSR count). The van der Waals surface area contributed by atoms with E-state index in [2.05, 4.69) is 16.3 Å². The highest BCUT2D eigenvalue weighted by molar-refractivity contribution is 8.01. The molecule has 3 N–H and O–H groups in total. The van der Waals surface area contributed by atoms with Crippen LogP contribution in [0, 0.1) is 12.3 Å². The lowest BCUT2D eigenvalue weighted by Gasteiger charge is -2.11. The third-order valence-electron chi connectivity index (χ3n) is 2.26. The molecule has 0 bridgehead atoms. The zero-order valence-corrected chi connectivity index (χ0v) is 13.1. The number of benzene rings is 1. The van der Waals surface area contributed by atoms with Crippen LogP contribution in [0.1, 0.15) is 18.3 Å². The van der Waals surface area contributed by atoms with E-state index in [1.807, 2.05) is 25.1 Å². The standard InChI is InChI=1S/C12H14N4S3/c1-3-17-8-5-4-6-9(10(8)11(13)14)18-12-15-7(2)16-19-12/h4-6H,3H2,1-2H3,(H3,13,14). The van der Waals surface area contributed by atoms with Crippen LogP contribution in [0.25, 0.3) is 0 Å². The van der Waals surface area contributed by atoms with Gasteiger partial charge in [-0.05, 0) is 36.3 Å². The van der Waals surface area contributed by atoms with Crippen molar-refractivity contribution >= 4 is 40.9 Å². The SMILES string of the molecule is CCSc1cccc(Sc2nc(C)ns2)c1C(=N)N. The molecule has 0 aliphatic heterocycles. The first-order chi connectivity index (χ1) is 9.11. The fraction of sp³-hybridized carbons (Fsp3) is 0.250. The molecule has 0 unspecified atom stereocenters. The summed E-state index contributed by atoms with van der Waals surface area (Å²) in [6.07, 6.45) is 0. The highest BCUT2D eigenvalue weighted by atomic mass is 32.2. The third-order valence-corrected chi connectivity index (χ3v) is 5.11. The molecule has 0 aliphatic carbocycles. The number of nitrogen functional groups attached to an aromatic ring is 1. The second-order valence-electron chi connectivity index (χ2n) is 3.69.